The molecule has 0 atom stereocenters. The summed E-state index contributed by atoms with van der Waals surface area (Å²) < 4.78 is 9.80. The minimum atomic E-state index is 0.375. The standard InChI is InChI=1S/C14H21ClN4O/c1-4-18-14-13(9(2)17-18)16-12(5-6-15)19(14)10-7-11(8-10)20-3/h10-11H,4-8H2,1-3H3. The first kappa shape index (κ1) is 13.9. The Morgan fingerprint density at radius 3 is 2.75 bits per heavy atom. The number of hydrogen-bond acceptors (Lipinski definition) is 3. The Bertz CT molecular complexity index is 612. The van der Waals surface area contributed by atoms with Gasteiger partial charge in [0.25, 0.3) is 0 Å². The number of methoxy groups -OCH3 is 1. The molecule has 0 aromatic carbocycles. The zero-order valence-corrected chi connectivity index (χ0v) is 13.0. The fraction of sp³-hybridized carbons (Fsp3) is 0.714. The zero-order chi connectivity index (χ0) is 14.3. The van der Waals surface area contributed by atoms with Gasteiger partial charge < -0.3 is 9.30 Å². The third-order valence-corrected chi connectivity index (χ3v) is 4.39. The van der Waals surface area contributed by atoms with E-state index in [2.05, 4.69) is 21.3 Å². The van der Waals surface area contributed by atoms with Gasteiger partial charge in [0.1, 0.15) is 11.3 Å². The molecule has 6 heteroatoms. The van der Waals surface area contributed by atoms with E-state index in [4.69, 9.17) is 21.3 Å². The monoisotopic (exact) mass is 296 g/mol. The highest BCUT2D eigenvalue weighted by molar-refractivity contribution is 6.17. The minimum Gasteiger partial charge on any atom is -0.381 e. The zero-order valence-electron chi connectivity index (χ0n) is 12.3. The van der Waals surface area contributed by atoms with Crippen molar-refractivity contribution in [3.63, 3.8) is 0 Å². The Balaban J connectivity index is 2.08. The molecule has 1 saturated carbocycles. The summed E-state index contributed by atoms with van der Waals surface area (Å²) in [5, 5.41) is 4.58. The Kier molecular flexibility index (Phi) is 3.73. The van der Waals surface area contributed by atoms with Crippen molar-refractivity contribution in [1.29, 1.82) is 0 Å². The third kappa shape index (κ3) is 2.04. The van der Waals surface area contributed by atoms with E-state index >= 15 is 0 Å². The Morgan fingerprint density at radius 2 is 2.15 bits per heavy atom. The Hall–Kier alpha value is -1.07. The Labute approximate surface area is 123 Å². The molecule has 2 heterocycles. The predicted molar refractivity (Wildman–Crippen MR) is 79.4 cm³/mol. The maximum atomic E-state index is 5.94. The molecule has 0 bridgehead atoms. The van der Waals surface area contributed by atoms with Crippen LogP contribution >= 0.6 is 11.6 Å². The van der Waals surface area contributed by atoms with Crippen LogP contribution < -0.4 is 0 Å². The second kappa shape index (κ2) is 5.37. The number of hydrogen-bond donors (Lipinski definition) is 0. The lowest BCUT2D eigenvalue weighted by atomic mass is 9.89. The van der Waals surface area contributed by atoms with Gasteiger partial charge in [0, 0.05) is 32.0 Å². The lowest BCUT2D eigenvalue weighted by Crippen LogP contribution is -2.33. The minimum absolute atomic E-state index is 0.375. The summed E-state index contributed by atoms with van der Waals surface area (Å²) in [7, 11) is 1.78. The molecule has 1 aliphatic carbocycles. The fourth-order valence-electron chi connectivity index (χ4n) is 3.04. The van der Waals surface area contributed by atoms with Crippen molar-refractivity contribution in [3.05, 3.63) is 11.5 Å². The second-order valence-corrected chi connectivity index (χ2v) is 5.77. The molecular weight excluding hydrogens is 276 g/mol. The van der Waals surface area contributed by atoms with Crippen molar-refractivity contribution in [2.24, 2.45) is 0 Å². The number of alkyl halides is 1. The predicted octanol–water partition coefficient (Wildman–Crippen LogP) is 2.69. The highest BCUT2D eigenvalue weighted by Gasteiger charge is 2.34. The summed E-state index contributed by atoms with van der Waals surface area (Å²) >= 11 is 5.94. The molecule has 0 radical (unpaired) electrons. The molecule has 0 aliphatic heterocycles. The molecule has 0 spiro atoms. The average molecular weight is 297 g/mol. The van der Waals surface area contributed by atoms with Crippen LogP contribution in [0.2, 0.25) is 0 Å². The summed E-state index contributed by atoms with van der Waals surface area (Å²) in [4.78, 5) is 4.78. The van der Waals surface area contributed by atoms with Crippen molar-refractivity contribution in [2.75, 3.05) is 13.0 Å². The van der Waals surface area contributed by atoms with Crippen LogP contribution in [0, 0.1) is 6.92 Å². The van der Waals surface area contributed by atoms with Crippen molar-refractivity contribution in [3.8, 4) is 0 Å². The van der Waals surface area contributed by atoms with Gasteiger partial charge in [-0.15, -0.1) is 11.6 Å². The van der Waals surface area contributed by atoms with Crippen LogP contribution in [0.1, 0.15) is 37.3 Å². The number of fused-ring (bicyclic) bond motifs is 1. The lowest BCUT2D eigenvalue weighted by molar-refractivity contribution is 0.00631. The van der Waals surface area contributed by atoms with Gasteiger partial charge in [-0.1, -0.05) is 0 Å². The van der Waals surface area contributed by atoms with Gasteiger partial charge in [0.2, 0.25) is 0 Å². The molecule has 2 aromatic heterocycles. The third-order valence-electron chi connectivity index (χ3n) is 4.20. The molecule has 2 aromatic rings. The van der Waals surface area contributed by atoms with Crippen LogP contribution in [0.15, 0.2) is 0 Å². The van der Waals surface area contributed by atoms with E-state index in [9.17, 15) is 0 Å². The van der Waals surface area contributed by atoms with E-state index in [0.717, 1.165) is 48.5 Å². The number of rotatable bonds is 5. The molecule has 0 amide bonds. The maximum Gasteiger partial charge on any atom is 0.159 e. The lowest BCUT2D eigenvalue weighted by Gasteiger charge is -2.36. The van der Waals surface area contributed by atoms with E-state index in [1.165, 1.54) is 0 Å². The number of aromatic nitrogens is 4. The first-order valence-corrected chi connectivity index (χ1v) is 7.76. The van der Waals surface area contributed by atoms with Crippen LogP contribution in [-0.2, 0) is 17.7 Å². The van der Waals surface area contributed by atoms with Gasteiger partial charge >= 0.3 is 0 Å². The molecule has 110 valence electrons. The van der Waals surface area contributed by atoms with Gasteiger partial charge in [0.05, 0.1) is 11.8 Å². The normalized spacial score (nSPS) is 22.4. The number of halogens is 1. The van der Waals surface area contributed by atoms with Gasteiger partial charge in [-0.3, -0.25) is 0 Å². The summed E-state index contributed by atoms with van der Waals surface area (Å²) in [6, 6.07) is 0.463. The van der Waals surface area contributed by atoms with Crippen LogP contribution in [0.3, 0.4) is 0 Å². The van der Waals surface area contributed by atoms with E-state index in [1.54, 1.807) is 7.11 Å². The topological polar surface area (TPSA) is 44.9 Å². The first-order valence-electron chi connectivity index (χ1n) is 7.22. The smallest absolute Gasteiger partial charge is 0.159 e. The fourth-order valence-corrected chi connectivity index (χ4v) is 3.21. The number of imidazole rings is 1. The van der Waals surface area contributed by atoms with Crippen LogP contribution in [0.25, 0.3) is 11.2 Å². The molecule has 0 N–H and O–H groups in total. The highest BCUT2D eigenvalue weighted by Crippen LogP contribution is 2.38. The first-order chi connectivity index (χ1) is 9.69. The van der Waals surface area contributed by atoms with Gasteiger partial charge in [0.15, 0.2) is 5.65 Å². The molecule has 1 aliphatic rings. The van der Waals surface area contributed by atoms with Gasteiger partial charge in [-0.05, 0) is 26.7 Å². The molecule has 3 rings (SSSR count). The van der Waals surface area contributed by atoms with E-state index in [-0.39, 0.29) is 0 Å². The largest absolute Gasteiger partial charge is 0.381 e. The van der Waals surface area contributed by atoms with Crippen molar-refractivity contribution < 1.29 is 4.74 Å². The Morgan fingerprint density at radius 1 is 1.40 bits per heavy atom. The summed E-state index contributed by atoms with van der Waals surface area (Å²) in [5.74, 6) is 1.68. The number of ether oxygens (including phenoxy) is 1. The average Bonchev–Trinajstić information content (AvgIpc) is 2.88. The SMILES string of the molecule is CCn1nc(C)c2nc(CCCl)n(C3CC(OC)C3)c21. The van der Waals surface area contributed by atoms with Crippen molar-refractivity contribution >= 4 is 22.8 Å². The van der Waals surface area contributed by atoms with Crippen molar-refractivity contribution in [2.45, 2.75) is 51.8 Å². The summed E-state index contributed by atoms with van der Waals surface area (Å²) in [6.45, 7) is 5.00. The number of aryl methyl sites for hydroxylation is 3. The maximum absolute atomic E-state index is 5.94. The quantitative estimate of drug-likeness (QED) is 0.797. The second-order valence-electron chi connectivity index (χ2n) is 5.39. The van der Waals surface area contributed by atoms with Crippen LogP contribution in [0.4, 0.5) is 0 Å². The van der Waals surface area contributed by atoms with Crippen LogP contribution in [-0.4, -0.2) is 38.4 Å². The van der Waals surface area contributed by atoms with Crippen LogP contribution in [0.5, 0.6) is 0 Å². The van der Waals surface area contributed by atoms with Crippen molar-refractivity contribution in [1.82, 2.24) is 19.3 Å². The molecule has 0 saturated heterocycles. The molecule has 0 unspecified atom stereocenters. The molecule has 1 fully saturated rings. The number of nitrogens with zero attached hydrogens (tertiary/aromatic N) is 4. The van der Waals surface area contributed by atoms with E-state index in [1.807, 2.05) is 6.92 Å². The van der Waals surface area contributed by atoms with E-state index in [0.29, 0.717) is 18.0 Å². The highest BCUT2D eigenvalue weighted by atomic mass is 35.5. The molecule has 5 nitrogen and oxygen atoms in total. The molecular formula is C14H21ClN4O. The van der Waals surface area contributed by atoms with Gasteiger partial charge in [-0.2, -0.15) is 5.10 Å². The summed E-state index contributed by atoms with van der Waals surface area (Å²) in [5.41, 5.74) is 3.16. The van der Waals surface area contributed by atoms with Gasteiger partial charge in [-0.25, -0.2) is 9.67 Å². The molecule has 20 heavy (non-hydrogen) atoms. The van der Waals surface area contributed by atoms with E-state index < -0.39 is 0 Å². The summed E-state index contributed by atoms with van der Waals surface area (Å²) in [6.07, 6.45) is 3.27.